The lowest BCUT2D eigenvalue weighted by molar-refractivity contribution is -0.388. The Labute approximate surface area is 227 Å². The van der Waals surface area contributed by atoms with Crippen LogP contribution in [0.15, 0.2) is 36.5 Å². The van der Waals surface area contributed by atoms with Gasteiger partial charge >= 0.3 is 6.18 Å². The number of alkyl halides is 3. The molecule has 14 heteroatoms. The summed E-state index contributed by atoms with van der Waals surface area (Å²) in [6, 6.07) is 8.42. The van der Waals surface area contributed by atoms with E-state index in [0.29, 0.717) is 57.4 Å². The third-order valence-corrected chi connectivity index (χ3v) is 7.54. The van der Waals surface area contributed by atoms with Crippen molar-refractivity contribution in [2.45, 2.75) is 44.0 Å². The number of amides is 1. The summed E-state index contributed by atoms with van der Waals surface area (Å²) in [6.07, 6.45) is -0.698. The fraction of sp³-hybridized carbons (Fsp3) is 0.480. The molecule has 4 rings (SSSR count). The number of nitrogens with one attached hydrogen (secondary N) is 1. The summed E-state index contributed by atoms with van der Waals surface area (Å²) >= 11 is 1.12. The lowest BCUT2D eigenvalue weighted by atomic mass is 9.93. The Morgan fingerprint density at radius 1 is 1.18 bits per heavy atom. The van der Waals surface area contributed by atoms with Gasteiger partial charge in [-0.25, -0.2) is 4.98 Å². The molecule has 0 radical (unpaired) electrons. The first-order valence-corrected chi connectivity index (χ1v) is 13.3. The van der Waals surface area contributed by atoms with Crippen molar-refractivity contribution in [3.8, 4) is 6.07 Å². The fourth-order valence-electron chi connectivity index (χ4n) is 4.65. The third-order valence-electron chi connectivity index (χ3n) is 6.76. The maximum absolute atomic E-state index is 13.2. The molecule has 0 unspecified atom stereocenters. The topological polar surface area (TPSA) is 125 Å². The van der Waals surface area contributed by atoms with Gasteiger partial charge in [-0.3, -0.25) is 14.9 Å². The van der Waals surface area contributed by atoms with E-state index in [9.17, 15) is 28.1 Å². The molecule has 1 saturated heterocycles. The second kappa shape index (κ2) is 12.5. The number of nitriles is 1. The highest BCUT2D eigenvalue weighted by atomic mass is 32.2. The zero-order valence-electron chi connectivity index (χ0n) is 20.9. The van der Waals surface area contributed by atoms with Crippen LogP contribution >= 0.6 is 12.0 Å². The zero-order valence-corrected chi connectivity index (χ0v) is 21.7. The summed E-state index contributed by atoms with van der Waals surface area (Å²) in [5.74, 6) is 0.954. The highest BCUT2D eigenvalue weighted by molar-refractivity contribution is 7.95. The number of hydrogen-bond acceptors (Lipinski definition) is 9. The molecule has 1 aromatic carbocycles. The summed E-state index contributed by atoms with van der Waals surface area (Å²) in [6.45, 7) is 2.42. The lowest BCUT2D eigenvalue weighted by Crippen LogP contribution is -2.49. The summed E-state index contributed by atoms with van der Waals surface area (Å²) < 4.78 is 45.5. The lowest BCUT2D eigenvalue weighted by Gasteiger charge is -2.35. The van der Waals surface area contributed by atoms with Gasteiger partial charge in [0.1, 0.15) is 17.5 Å². The number of piperazine rings is 1. The number of nitrogens with zero attached hydrogens (tertiary/aromatic N) is 5. The number of halogens is 3. The van der Waals surface area contributed by atoms with Crippen LogP contribution in [0.4, 0.5) is 30.4 Å². The minimum absolute atomic E-state index is 0.0126. The Kier molecular flexibility index (Phi) is 9.13. The van der Waals surface area contributed by atoms with Crippen molar-refractivity contribution in [3.63, 3.8) is 0 Å². The van der Waals surface area contributed by atoms with E-state index in [-0.39, 0.29) is 29.5 Å². The minimum Gasteiger partial charge on any atom is -0.382 e. The molecule has 1 saturated carbocycles. The second-order valence-corrected chi connectivity index (χ2v) is 10.1. The molecule has 2 heterocycles. The number of nitro benzene ring substituents is 1. The van der Waals surface area contributed by atoms with Crippen molar-refractivity contribution < 1.29 is 27.1 Å². The van der Waals surface area contributed by atoms with Crippen molar-refractivity contribution in [3.05, 3.63) is 57.8 Å². The molecule has 10 nitrogen and oxygen atoms in total. The smallest absolute Gasteiger partial charge is 0.382 e. The Balaban J connectivity index is 1.16. The molecular formula is C25H27F3N6O4S. The first-order valence-electron chi connectivity index (χ1n) is 12.4. The number of carbonyl (C=O) groups excluding carboxylic acids is 1. The van der Waals surface area contributed by atoms with E-state index in [1.165, 1.54) is 12.3 Å². The molecule has 1 amide bonds. The van der Waals surface area contributed by atoms with Crippen LogP contribution in [0.2, 0.25) is 0 Å². The SMILES string of the molecule is N#Cc1ccc(N2CCN(C(=O)CSOC3CCC(Nc4ccc([N+](=O)[O-])c(C(F)(F)F)c4)CC3)CC2)nc1. The molecule has 0 bridgehead atoms. The predicted molar refractivity (Wildman–Crippen MR) is 139 cm³/mol. The number of nitro groups is 1. The van der Waals surface area contributed by atoms with Crippen LogP contribution < -0.4 is 10.2 Å². The molecule has 0 spiro atoms. The molecule has 2 aliphatic rings. The van der Waals surface area contributed by atoms with Crippen LogP contribution in [0, 0.1) is 21.4 Å². The van der Waals surface area contributed by atoms with E-state index in [0.717, 1.165) is 30.0 Å². The quantitative estimate of drug-likeness (QED) is 0.278. The van der Waals surface area contributed by atoms with Crippen molar-refractivity contribution in [2.24, 2.45) is 0 Å². The minimum atomic E-state index is -4.82. The molecular weight excluding hydrogens is 537 g/mol. The molecule has 1 aliphatic heterocycles. The maximum Gasteiger partial charge on any atom is 0.423 e. The second-order valence-electron chi connectivity index (χ2n) is 9.35. The van der Waals surface area contributed by atoms with E-state index in [1.807, 2.05) is 6.07 Å². The highest BCUT2D eigenvalue weighted by Gasteiger charge is 2.38. The third kappa shape index (κ3) is 7.51. The average molecular weight is 565 g/mol. The first-order chi connectivity index (χ1) is 18.6. The molecule has 208 valence electrons. The number of pyridine rings is 1. The van der Waals surface area contributed by atoms with Crippen LogP contribution in [-0.2, 0) is 15.2 Å². The van der Waals surface area contributed by atoms with Crippen molar-refractivity contribution in [2.75, 3.05) is 42.1 Å². The van der Waals surface area contributed by atoms with Crippen LogP contribution in [0.5, 0.6) is 0 Å². The molecule has 1 aromatic heterocycles. The summed E-state index contributed by atoms with van der Waals surface area (Å²) in [5.41, 5.74) is -1.56. The van der Waals surface area contributed by atoms with Crippen LogP contribution in [0.3, 0.4) is 0 Å². The van der Waals surface area contributed by atoms with Crippen LogP contribution in [0.25, 0.3) is 0 Å². The maximum atomic E-state index is 13.2. The van der Waals surface area contributed by atoms with Crippen molar-refractivity contribution >= 4 is 35.1 Å². The van der Waals surface area contributed by atoms with Gasteiger partial charge in [-0.05, 0) is 49.9 Å². The van der Waals surface area contributed by atoms with E-state index >= 15 is 0 Å². The molecule has 2 fully saturated rings. The summed E-state index contributed by atoms with van der Waals surface area (Å²) in [5, 5.41) is 22.9. The largest absolute Gasteiger partial charge is 0.423 e. The Morgan fingerprint density at radius 2 is 1.90 bits per heavy atom. The van der Waals surface area contributed by atoms with Gasteiger partial charge in [0.25, 0.3) is 5.69 Å². The molecule has 0 atom stereocenters. The van der Waals surface area contributed by atoms with Crippen molar-refractivity contribution in [1.82, 2.24) is 9.88 Å². The number of carbonyl (C=O) groups is 1. The monoisotopic (exact) mass is 564 g/mol. The van der Waals surface area contributed by atoms with E-state index in [4.69, 9.17) is 9.44 Å². The average Bonchev–Trinajstić information content (AvgIpc) is 2.93. The van der Waals surface area contributed by atoms with Gasteiger partial charge in [-0.15, -0.1) is 0 Å². The summed E-state index contributed by atoms with van der Waals surface area (Å²) in [4.78, 5) is 30.7. The van der Waals surface area contributed by atoms with Gasteiger partial charge < -0.3 is 19.3 Å². The van der Waals surface area contributed by atoms with E-state index in [1.54, 1.807) is 17.0 Å². The number of aromatic nitrogens is 1. The molecule has 1 aliphatic carbocycles. The van der Waals surface area contributed by atoms with Gasteiger partial charge in [0.2, 0.25) is 5.91 Å². The van der Waals surface area contributed by atoms with Gasteiger partial charge in [-0.2, -0.15) is 18.4 Å². The number of benzene rings is 1. The van der Waals surface area contributed by atoms with E-state index in [2.05, 4.69) is 15.2 Å². The normalized spacial score (nSPS) is 19.8. The van der Waals surface area contributed by atoms with Crippen molar-refractivity contribution in [1.29, 1.82) is 5.26 Å². The Morgan fingerprint density at radius 3 is 2.49 bits per heavy atom. The molecule has 2 aromatic rings. The Bertz CT molecular complexity index is 1210. The number of rotatable bonds is 8. The Hall–Kier alpha value is -3.57. The van der Waals surface area contributed by atoms with Crippen LogP contribution in [-0.4, -0.2) is 64.8 Å². The standard InChI is InChI=1S/C25H27F3N6O4S/c26-25(27,28)21-13-19(4-7-22(21)34(36)37)31-18-2-5-20(6-3-18)38-39-16-24(35)33-11-9-32(10-12-33)23-8-1-17(14-29)15-30-23/h1,4,7-8,13,15,18,20,31H,2-3,5-6,9-12,16H2. The molecule has 39 heavy (non-hydrogen) atoms. The van der Waals surface area contributed by atoms with Gasteiger partial charge in [0.15, 0.2) is 0 Å². The predicted octanol–water partition coefficient (Wildman–Crippen LogP) is 4.62. The number of anilines is 2. The summed E-state index contributed by atoms with van der Waals surface area (Å²) in [7, 11) is 0. The fourth-order valence-corrected chi connectivity index (χ4v) is 5.38. The first kappa shape index (κ1) is 28.4. The van der Waals surface area contributed by atoms with E-state index < -0.39 is 22.4 Å². The zero-order chi connectivity index (χ0) is 28.0. The molecule has 1 N–H and O–H groups in total. The van der Waals surface area contributed by atoms with Gasteiger partial charge in [-0.1, -0.05) is 0 Å². The van der Waals surface area contributed by atoms with Gasteiger partial charge in [0, 0.05) is 62.2 Å². The highest BCUT2D eigenvalue weighted by Crippen LogP contribution is 2.38. The van der Waals surface area contributed by atoms with Crippen LogP contribution in [0.1, 0.15) is 36.8 Å². The number of hydrogen-bond donors (Lipinski definition) is 1. The van der Waals surface area contributed by atoms with Gasteiger partial charge in [0.05, 0.1) is 22.3 Å².